The largest absolute Gasteiger partial charge is 0.490 e. The number of furan rings is 1. The molecule has 0 saturated heterocycles. The van der Waals surface area contributed by atoms with Crippen molar-refractivity contribution in [2.24, 2.45) is 0 Å². The Morgan fingerprint density at radius 1 is 0.973 bits per heavy atom. The zero-order chi connectivity index (χ0) is 25.2. The van der Waals surface area contributed by atoms with E-state index in [-0.39, 0.29) is 12.5 Å². The minimum Gasteiger partial charge on any atom is -0.490 e. The summed E-state index contributed by atoms with van der Waals surface area (Å²) in [4.78, 5) is 21.4. The van der Waals surface area contributed by atoms with Gasteiger partial charge in [0, 0.05) is 17.5 Å². The maximum Gasteiger partial charge on any atom is 0.243 e. The first-order valence-corrected chi connectivity index (χ1v) is 14.1. The number of rotatable bonds is 7. The van der Waals surface area contributed by atoms with E-state index in [1.54, 1.807) is 0 Å². The molecule has 0 aliphatic heterocycles. The number of carbonyl (C=O) groups is 1. The van der Waals surface area contributed by atoms with Crippen molar-refractivity contribution >= 4 is 27.9 Å². The lowest BCUT2D eigenvalue weighted by atomic mass is 9.88. The Hall–Kier alpha value is -3.28. The number of fused-ring (bicyclic) bond motifs is 2. The van der Waals surface area contributed by atoms with Gasteiger partial charge in [-0.25, -0.2) is 4.98 Å². The second-order valence-electron chi connectivity index (χ2n) is 10.6. The molecule has 6 heteroatoms. The van der Waals surface area contributed by atoms with Crippen LogP contribution in [0.3, 0.4) is 0 Å². The number of para-hydroxylation sites is 3. The highest BCUT2D eigenvalue weighted by molar-refractivity contribution is 5.89. The van der Waals surface area contributed by atoms with Crippen molar-refractivity contribution in [3.05, 3.63) is 48.5 Å². The van der Waals surface area contributed by atoms with E-state index < -0.39 is 0 Å². The smallest absolute Gasteiger partial charge is 0.243 e. The quantitative estimate of drug-likeness (QED) is 0.267. The summed E-state index contributed by atoms with van der Waals surface area (Å²) in [5.41, 5.74) is 2.55. The average molecular weight is 500 g/mol. The van der Waals surface area contributed by atoms with Gasteiger partial charge >= 0.3 is 0 Å². The Morgan fingerprint density at radius 3 is 2.38 bits per heavy atom. The van der Waals surface area contributed by atoms with Crippen LogP contribution in [0.4, 0.5) is 0 Å². The van der Waals surface area contributed by atoms with Crippen LogP contribution in [0, 0.1) is 0 Å². The summed E-state index contributed by atoms with van der Waals surface area (Å²) in [6.07, 6.45) is 12.0. The summed E-state index contributed by atoms with van der Waals surface area (Å²) in [6, 6.07) is 16.7. The van der Waals surface area contributed by atoms with Crippen LogP contribution in [0.15, 0.2) is 52.9 Å². The second kappa shape index (κ2) is 10.6. The molecule has 2 aliphatic rings. The maximum absolute atomic E-state index is 14.2. The van der Waals surface area contributed by atoms with Crippen LogP contribution in [0.5, 0.6) is 5.75 Å². The van der Waals surface area contributed by atoms with Crippen LogP contribution in [0.25, 0.3) is 33.6 Å². The van der Waals surface area contributed by atoms with Gasteiger partial charge in [0.1, 0.15) is 6.54 Å². The summed E-state index contributed by atoms with van der Waals surface area (Å²) >= 11 is 0. The summed E-state index contributed by atoms with van der Waals surface area (Å²) in [5.74, 6) is 2.30. The standard InChI is InChI=1S/C31H37N3O3/c1-2-36-27-19-11-12-22-20-28(37-30(22)27)31-32-25-17-9-10-18-26(25)33(31)21-29(35)34(23-13-5-3-6-14-23)24-15-7-4-8-16-24/h9-12,17-20,23-24H,2-8,13-16,21H2,1H3. The van der Waals surface area contributed by atoms with E-state index in [2.05, 4.69) is 15.5 Å². The molecule has 6 nitrogen and oxygen atoms in total. The van der Waals surface area contributed by atoms with Crippen LogP contribution in [0.1, 0.15) is 71.1 Å². The number of carbonyl (C=O) groups excluding carboxylic acids is 1. The van der Waals surface area contributed by atoms with Gasteiger partial charge in [-0.3, -0.25) is 4.79 Å². The summed E-state index contributed by atoms with van der Waals surface area (Å²) in [5, 5.41) is 0.969. The summed E-state index contributed by atoms with van der Waals surface area (Å²) in [6.45, 7) is 2.82. The lowest BCUT2D eigenvalue weighted by Crippen LogP contribution is -2.50. The van der Waals surface area contributed by atoms with Crippen LogP contribution >= 0.6 is 0 Å². The van der Waals surface area contributed by atoms with Gasteiger partial charge in [-0.2, -0.15) is 0 Å². The van der Waals surface area contributed by atoms with Crippen molar-refractivity contribution in [2.45, 2.75) is 89.8 Å². The molecule has 2 aromatic carbocycles. The number of ether oxygens (including phenoxy) is 1. The molecule has 4 aromatic rings. The zero-order valence-electron chi connectivity index (χ0n) is 21.8. The third kappa shape index (κ3) is 4.74. The lowest BCUT2D eigenvalue weighted by Gasteiger charge is -2.42. The van der Waals surface area contributed by atoms with E-state index in [1.165, 1.54) is 38.5 Å². The van der Waals surface area contributed by atoms with Gasteiger partial charge in [0.05, 0.1) is 17.6 Å². The molecule has 0 atom stereocenters. The molecule has 0 spiro atoms. The Kier molecular flexibility index (Phi) is 6.90. The number of nitrogens with zero attached hydrogens (tertiary/aromatic N) is 3. The van der Waals surface area contributed by atoms with Gasteiger partial charge in [-0.05, 0) is 56.9 Å². The molecule has 0 N–H and O–H groups in total. The van der Waals surface area contributed by atoms with Gasteiger partial charge in [0.25, 0.3) is 0 Å². The highest BCUT2D eigenvalue weighted by Crippen LogP contribution is 2.35. The van der Waals surface area contributed by atoms with Crippen molar-refractivity contribution < 1.29 is 13.9 Å². The number of amides is 1. The molecule has 2 aromatic heterocycles. The van der Waals surface area contributed by atoms with E-state index in [0.29, 0.717) is 30.3 Å². The van der Waals surface area contributed by atoms with Gasteiger partial charge < -0.3 is 18.6 Å². The number of aromatic nitrogens is 2. The molecule has 2 heterocycles. The fourth-order valence-electron chi connectivity index (χ4n) is 6.48. The lowest BCUT2D eigenvalue weighted by molar-refractivity contribution is -0.138. The van der Waals surface area contributed by atoms with Crippen molar-refractivity contribution in [3.8, 4) is 17.3 Å². The normalized spacial score (nSPS) is 17.4. The van der Waals surface area contributed by atoms with E-state index in [0.717, 1.165) is 53.4 Å². The zero-order valence-corrected chi connectivity index (χ0v) is 21.8. The van der Waals surface area contributed by atoms with E-state index >= 15 is 0 Å². The van der Waals surface area contributed by atoms with Gasteiger partial charge in [-0.1, -0.05) is 62.8 Å². The first kappa shape index (κ1) is 24.1. The fraction of sp³-hybridized carbons (Fsp3) is 0.484. The molecular formula is C31H37N3O3. The van der Waals surface area contributed by atoms with E-state index in [1.807, 2.05) is 49.4 Å². The molecule has 0 radical (unpaired) electrons. The molecule has 37 heavy (non-hydrogen) atoms. The minimum absolute atomic E-state index is 0.217. The van der Waals surface area contributed by atoms with Crippen molar-refractivity contribution in [1.29, 1.82) is 0 Å². The minimum atomic E-state index is 0.217. The highest BCUT2D eigenvalue weighted by Gasteiger charge is 2.33. The Morgan fingerprint density at radius 2 is 1.68 bits per heavy atom. The fourth-order valence-corrected chi connectivity index (χ4v) is 6.48. The van der Waals surface area contributed by atoms with Crippen LogP contribution in [-0.4, -0.2) is 39.0 Å². The Labute approximate surface area is 218 Å². The first-order chi connectivity index (χ1) is 18.2. The monoisotopic (exact) mass is 499 g/mol. The number of hydrogen-bond acceptors (Lipinski definition) is 4. The van der Waals surface area contributed by atoms with Crippen molar-refractivity contribution in [3.63, 3.8) is 0 Å². The van der Waals surface area contributed by atoms with Crippen LogP contribution in [0.2, 0.25) is 0 Å². The number of hydrogen-bond donors (Lipinski definition) is 0. The summed E-state index contributed by atoms with van der Waals surface area (Å²) in [7, 11) is 0. The third-order valence-corrected chi connectivity index (χ3v) is 8.20. The molecule has 6 rings (SSSR count). The third-order valence-electron chi connectivity index (χ3n) is 8.20. The van der Waals surface area contributed by atoms with E-state index in [9.17, 15) is 4.79 Å². The molecule has 1 amide bonds. The predicted molar refractivity (Wildman–Crippen MR) is 147 cm³/mol. The number of benzene rings is 2. The van der Waals surface area contributed by atoms with Gasteiger partial charge in [0.2, 0.25) is 5.91 Å². The molecule has 194 valence electrons. The maximum atomic E-state index is 14.2. The molecule has 0 bridgehead atoms. The molecule has 2 saturated carbocycles. The van der Waals surface area contributed by atoms with Crippen molar-refractivity contribution in [1.82, 2.24) is 14.5 Å². The molecule has 0 unspecified atom stereocenters. The molecule has 2 aliphatic carbocycles. The Balaban J connectivity index is 1.39. The average Bonchev–Trinajstić information content (AvgIpc) is 3.53. The van der Waals surface area contributed by atoms with E-state index in [4.69, 9.17) is 14.1 Å². The van der Waals surface area contributed by atoms with Crippen LogP contribution in [-0.2, 0) is 11.3 Å². The molecular weight excluding hydrogens is 462 g/mol. The van der Waals surface area contributed by atoms with Gasteiger partial charge in [-0.15, -0.1) is 0 Å². The molecule has 2 fully saturated rings. The Bertz CT molecular complexity index is 1360. The SMILES string of the molecule is CCOc1cccc2cc(-c3nc4ccccc4n3CC(=O)N(C3CCCCC3)C3CCCCC3)oc12. The van der Waals surface area contributed by atoms with Crippen molar-refractivity contribution in [2.75, 3.05) is 6.61 Å². The predicted octanol–water partition coefficient (Wildman–Crippen LogP) is 7.34. The summed E-state index contributed by atoms with van der Waals surface area (Å²) < 4.78 is 14.2. The van der Waals surface area contributed by atoms with Gasteiger partial charge in [0.15, 0.2) is 22.9 Å². The topological polar surface area (TPSA) is 60.5 Å². The number of imidazole rings is 1. The first-order valence-electron chi connectivity index (χ1n) is 14.1. The highest BCUT2D eigenvalue weighted by atomic mass is 16.5. The van der Waals surface area contributed by atoms with Crippen LogP contribution < -0.4 is 4.74 Å². The second-order valence-corrected chi connectivity index (χ2v) is 10.6.